The molecule has 2 unspecified atom stereocenters. The summed E-state index contributed by atoms with van der Waals surface area (Å²) in [5.74, 6) is 0. The molecule has 0 aromatic heterocycles. The molecule has 8 nitrogen and oxygen atoms in total. The van der Waals surface area contributed by atoms with Gasteiger partial charge in [-0.15, -0.1) is 0 Å². The Morgan fingerprint density at radius 1 is 0.417 bits per heavy atom. The summed E-state index contributed by atoms with van der Waals surface area (Å²) in [7, 11) is 15.6. The van der Waals surface area contributed by atoms with E-state index in [4.69, 9.17) is 10.2 Å². The van der Waals surface area contributed by atoms with Gasteiger partial charge < -0.3 is 40.0 Å². The van der Waals surface area contributed by atoms with Crippen molar-refractivity contribution in [1.29, 1.82) is 0 Å². The third kappa shape index (κ3) is 55.3. The second kappa shape index (κ2) is 23.6. The number of aliphatic hydroxyl groups is 4. The summed E-state index contributed by atoms with van der Waals surface area (Å²) in [4.78, 5) is 7.90. The van der Waals surface area contributed by atoms with Gasteiger partial charge in [0.15, 0.2) is 0 Å². The summed E-state index contributed by atoms with van der Waals surface area (Å²) in [6, 6.07) is 0. The van der Waals surface area contributed by atoms with E-state index >= 15 is 0 Å². The van der Waals surface area contributed by atoms with Crippen molar-refractivity contribution in [3.05, 3.63) is 0 Å². The maximum atomic E-state index is 9.45. The number of likely N-dealkylation sites (N-methyl/N-ethyl adjacent to an activating group) is 4. The van der Waals surface area contributed by atoms with Crippen LogP contribution in [0.15, 0.2) is 0 Å². The predicted octanol–water partition coefficient (Wildman–Crippen LogP) is 2.05. The normalized spacial score (nSPS) is 14.7. The second-order valence-electron chi connectivity index (χ2n) is 12.3. The van der Waals surface area contributed by atoms with Crippen LogP contribution in [0, 0.1) is 0 Å². The fraction of sp³-hybridized carbons (Fsp3) is 1.00. The van der Waals surface area contributed by atoms with E-state index in [0.717, 1.165) is 25.9 Å². The van der Waals surface area contributed by atoms with Gasteiger partial charge in [0.05, 0.1) is 22.4 Å². The van der Waals surface area contributed by atoms with E-state index in [1.165, 1.54) is 0 Å². The molecule has 0 aliphatic rings. The van der Waals surface area contributed by atoms with Crippen LogP contribution in [0.25, 0.3) is 0 Å². The third-order valence-corrected chi connectivity index (χ3v) is 4.24. The minimum Gasteiger partial charge on any atom is -0.389 e. The second-order valence-corrected chi connectivity index (χ2v) is 12.3. The van der Waals surface area contributed by atoms with Gasteiger partial charge in [-0.3, -0.25) is 0 Å². The Kier molecular flexibility index (Phi) is 32.5. The predicted molar refractivity (Wildman–Crippen MR) is 149 cm³/mol. The maximum absolute atomic E-state index is 9.45. The molecule has 0 aliphatic carbocycles. The van der Waals surface area contributed by atoms with Gasteiger partial charge in [-0.05, 0) is 111 Å². The molecule has 2 radical (unpaired) electrons. The number of hydrogen-bond donors (Lipinski definition) is 4. The van der Waals surface area contributed by atoms with E-state index in [9.17, 15) is 10.2 Å². The van der Waals surface area contributed by atoms with Crippen LogP contribution in [0.3, 0.4) is 0 Å². The molecule has 0 aliphatic heterocycles. The molecule has 0 amide bonds. The Morgan fingerprint density at radius 2 is 0.583 bits per heavy atom. The van der Waals surface area contributed by atoms with Gasteiger partial charge in [0.1, 0.15) is 0 Å². The van der Waals surface area contributed by atoms with Crippen molar-refractivity contribution in [2.75, 3.05) is 82.6 Å². The van der Waals surface area contributed by atoms with E-state index in [0.29, 0.717) is 13.1 Å². The molecule has 0 bridgehead atoms. The molecule has 0 aromatic rings. The van der Waals surface area contributed by atoms with Crippen molar-refractivity contribution >= 4 is 0 Å². The van der Waals surface area contributed by atoms with Gasteiger partial charge in [0.25, 0.3) is 0 Å². The van der Waals surface area contributed by atoms with E-state index in [1.54, 1.807) is 27.7 Å². The van der Waals surface area contributed by atoms with Crippen LogP contribution in [0.4, 0.5) is 0 Å². The Hall–Kier alpha value is 0.693. The summed E-state index contributed by atoms with van der Waals surface area (Å²) < 4.78 is 0. The minimum atomic E-state index is -0.552. The van der Waals surface area contributed by atoms with Gasteiger partial charge in [0, 0.05) is 59.7 Å². The van der Waals surface area contributed by atoms with Crippen LogP contribution in [0.5, 0.6) is 0 Å². The van der Waals surface area contributed by atoms with Gasteiger partial charge >= 0.3 is 0 Å². The van der Waals surface area contributed by atoms with Gasteiger partial charge in [-0.1, -0.05) is 13.8 Å². The Balaban J connectivity index is -0.0000000819. The molecule has 0 spiro atoms. The monoisotopic (exact) mass is 614 g/mol. The Labute approximate surface area is 246 Å². The standard InChI is InChI=1S/2C7H17NO.2C6H15NO.2Co/c2*1-5-7(2,9)6-8(3)4;2*1-6(2,8)5-7(3)4;;/h2*9H,5-6H2,1-4H3;2*8H,5H2,1-4H3;;. The van der Waals surface area contributed by atoms with E-state index in [2.05, 4.69) is 0 Å². The summed E-state index contributed by atoms with van der Waals surface area (Å²) >= 11 is 0. The Bertz CT molecular complexity index is 422. The van der Waals surface area contributed by atoms with Crippen LogP contribution >= 0.6 is 0 Å². The SMILES string of the molecule is CCC(C)(O)CN(C)C.CCC(C)(O)CN(C)C.CN(C)CC(C)(C)O.CN(C)CC(C)(C)O.[Co].[Co]. The van der Waals surface area contributed by atoms with Crippen LogP contribution in [-0.4, -0.2) is 145 Å². The van der Waals surface area contributed by atoms with E-state index in [1.807, 2.05) is 104 Å². The topological polar surface area (TPSA) is 93.9 Å². The molecular formula is C26H64Co2N4O4. The first-order valence-corrected chi connectivity index (χ1v) is 12.3. The van der Waals surface area contributed by atoms with E-state index < -0.39 is 22.4 Å². The van der Waals surface area contributed by atoms with Gasteiger partial charge in [-0.25, -0.2) is 0 Å². The fourth-order valence-electron chi connectivity index (χ4n) is 3.13. The molecule has 0 heterocycles. The molecular weight excluding hydrogens is 550 g/mol. The number of rotatable bonds is 10. The molecule has 0 saturated heterocycles. The first-order valence-electron chi connectivity index (χ1n) is 12.3. The largest absolute Gasteiger partial charge is 0.389 e. The zero-order valence-electron chi connectivity index (χ0n) is 26.5. The summed E-state index contributed by atoms with van der Waals surface area (Å²) in [6.07, 6.45) is 1.62. The van der Waals surface area contributed by atoms with Gasteiger partial charge in [0.2, 0.25) is 0 Å². The third-order valence-electron chi connectivity index (χ3n) is 4.24. The smallest absolute Gasteiger partial charge is 0.0743 e. The average Bonchev–Trinajstić information content (AvgIpc) is 2.49. The van der Waals surface area contributed by atoms with Crippen LogP contribution in [-0.2, 0) is 33.6 Å². The number of hydrogen-bond acceptors (Lipinski definition) is 8. The first-order chi connectivity index (χ1) is 14.8. The summed E-state index contributed by atoms with van der Waals surface area (Å²) in [6.45, 7) is 17.8. The van der Waals surface area contributed by atoms with Crippen molar-refractivity contribution in [3.63, 3.8) is 0 Å². The molecule has 0 fully saturated rings. The van der Waals surface area contributed by atoms with Crippen molar-refractivity contribution in [3.8, 4) is 0 Å². The quantitative estimate of drug-likeness (QED) is 0.297. The summed E-state index contributed by atoms with van der Waals surface area (Å²) in [5, 5.41) is 37.2. The van der Waals surface area contributed by atoms with Crippen molar-refractivity contribution in [2.24, 2.45) is 0 Å². The van der Waals surface area contributed by atoms with Crippen molar-refractivity contribution < 1.29 is 54.0 Å². The molecule has 4 N–H and O–H groups in total. The molecule has 230 valence electrons. The average molecular weight is 615 g/mol. The fourth-order valence-corrected chi connectivity index (χ4v) is 3.13. The zero-order chi connectivity index (χ0) is 28.6. The van der Waals surface area contributed by atoms with Gasteiger partial charge in [-0.2, -0.15) is 0 Å². The molecule has 0 aromatic carbocycles. The first kappa shape index (κ1) is 49.6. The van der Waals surface area contributed by atoms with Crippen LogP contribution in [0.2, 0.25) is 0 Å². The van der Waals surface area contributed by atoms with Crippen molar-refractivity contribution in [2.45, 2.75) is 90.6 Å². The minimum absolute atomic E-state index is 0. The molecule has 0 saturated carbocycles. The zero-order valence-corrected chi connectivity index (χ0v) is 28.6. The maximum Gasteiger partial charge on any atom is 0.0743 e. The van der Waals surface area contributed by atoms with Crippen LogP contribution < -0.4 is 0 Å². The Morgan fingerprint density at radius 3 is 0.611 bits per heavy atom. The van der Waals surface area contributed by atoms with E-state index in [-0.39, 0.29) is 33.6 Å². The number of nitrogens with zero attached hydrogens (tertiary/aromatic N) is 4. The molecule has 36 heavy (non-hydrogen) atoms. The molecule has 2 atom stereocenters. The van der Waals surface area contributed by atoms with Crippen LogP contribution in [0.1, 0.15) is 68.2 Å². The summed E-state index contributed by atoms with van der Waals surface area (Å²) in [5.41, 5.74) is -2.12. The molecule has 10 heteroatoms. The van der Waals surface area contributed by atoms with Crippen molar-refractivity contribution in [1.82, 2.24) is 19.6 Å². The molecule has 0 rings (SSSR count).